The second kappa shape index (κ2) is 9.92. The number of halogens is 3. The highest BCUT2D eigenvalue weighted by Gasteiger charge is 2.30. The van der Waals surface area contributed by atoms with Gasteiger partial charge in [0.15, 0.2) is 0 Å². The van der Waals surface area contributed by atoms with Gasteiger partial charge in [0.25, 0.3) is 0 Å². The minimum Gasteiger partial charge on any atom is -0.337 e. The topological polar surface area (TPSA) is 23.6 Å². The van der Waals surface area contributed by atoms with Crippen molar-refractivity contribution in [3.05, 3.63) is 59.2 Å². The molecule has 3 nitrogen and oxygen atoms in total. The highest BCUT2D eigenvalue weighted by Crippen LogP contribution is 2.29. The van der Waals surface area contributed by atoms with Crippen LogP contribution in [0.3, 0.4) is 0 Å². The van der Waals surface area contributed by atoms with E-state index in [2.05, 4.69) is 4.90 Å². The third-order valence-electron chi connectivity index (χ3n) is 5.20. The zero-order valence-corrected chi connectivity index (χ0v) is 16.8. The Kier molecular flexibility index (Phi) is 7.87. The van der Waals surface area contributed by atoms with Crippen molar-refractivity contribution in [1.82, 2.24) is 9.80 Å². The van der Waals surface area contributed by atoms with E-state index >= 15 is 0 Å². The molecule has 1 fully saturated rings. The summed E-state index contributed by atoms with van der Waals surface area (Å²) >= 11 is 0. The molecule has 2 rings (SSSR count). The molecular formula is C22H29F3N2O. The predicted octanol–water partition coefficient (Wildman–Crippen LogP) is 4.69. The monoisotopic (exact) mass is 394 g/mol. The van der Waals surface area contributed by atoms with Gasteiger partial charge < -0.3 is 9.80 Å². The van der Waals surface area contributed by atoms with Crippen LogP contribution in [0, 0.1) is 0 Å². The fourth-order valence-electron chi connectivity index (χ4n) is 3.54. The maximum atomic E-state index is 12.9. The van der Waals surface area contributed by atoms with Crippen molar-refractivity contribution in [2.75, 3.05) is 26.7 Å². The number of carbonyl (C=O) groups excluding carboxylic acids is 1. The van der Waals surface area contributed by atoms with E-state index in [0.717, 1.165) is 37.3 Å². The van der Waals surface area contributed by atoms with Crippen molar-refractivity contribution < 1.29 is 18.0 Å². The van der Waals surface area contributed by atoms with E-state index < -0.39 is 11.7 Å². The molecule has 1 saturated heterocycles. The highest BCUT2D eigenvalue weighted by atomic mass is 19.4. The Balaban J connectivity index is 2.13. The van der Waals surface area contributed by atoms with Gasteiger partial charge in [0.1, 0.15) is 0 Å². The van der Waals surface area contributed by atoms with E-state index in [1.807, 2.05) is 32.1 Å². The molecule has 1 aliphatic heterocycles. The number of amides is 1. The second-order valence-corrected chi connectivity index (χ2v) is 7.19. The SMILES string of the molecule is C/C=C\C(=C/C)[C@@H](CN1CCCC1)N(C)C(=O)Cc1ccc(C(F)(F)F)cc1. The van der Waals surface area contributed by atoms with E-state index in [1.54, 1.807) is 11.9 Å². The molecule has 1 aromatic rings. The number of nitrogens with zero attached hydrogens (tertiary/aromatic N) is 2. The molecule has 0 N–H and O–H groups in total. The van der Waals surface area contributed by atoms with E-state index in [0.29, 0.717) is 5.56 Å². The maximum absolute atomic E-state index is 12.9. The molecule has 0 radical (unpaired) electrons. The van der Waals surface area contributed by atoms with Gasteiger partial charge in [-0.2, -0.15) is 13.2 Å². The van der Waals surface area contributed by atoms with Crippen LogP contribution in [-0.2, 0) is 17.4 Å². The Morgan fingerprint density at radius 2 is 1.79 bits per heavy atom. The number of hydrogen-bond donors (Lipinski definition) is 0. The minimum atomic E-state index is -4.37. The van der Waals surface area contributed by atoms with Crippen LogP contribution in [-0.4, -0.2) is 48.4 Å². The first-order chi connectivity index (χ1) is 13.3. The normalized spacial score (nSPS) is 17.3. The minimum absolute atomic E-state index is 0.0813. The van der Waals surface area contributed by atoms with Gasteiger partial charge in [0.05, 0.1) is 18.0 Å². The molecular weight excluding hydrogens is 365 g/mol. The second-order valence-electron chi connectivity index (χ2n) is 7.19. The number of benzene rings is 1. The Morgan fingerprint density at radius 1 is 1.18 bits per heavy atom. The number of likely N-dealkylation sites (tertiary alicyclic amines) is 1. The van der Waals surface area contributed by atoms with Gasteiger partial charge in [-0.15, -0.1) is 0 Å². The van der Waals surface area contributed by atoms with E-state index in [-0.39, 0.29) is 18.4 Å². The van der Waals surface area contributed by atoms with Crippen LogP contribution in [0.25, 0.3) is 0 Å². The molecule has 0 aliphatic carbocycles. The number of allylic oxidation sites excluding steroid dienone is 2. The Hall–Kier alpha value is -2.08. The number of alkyl halides is 3. The highest BCUT2D eigenvalue weighted by molar-refractivity contribution is 5.79. The molecule has 154 valence electrons. The summed E-state index contributed by atoms with van der Waals surface area (Å²) in [5.74, 6) is -0.104. The fourth-order valence-corrected chi connectivity index (χ4v) is 3.54. The largest absolute Gasteiger partial charge is 0.416 e. The van der Waals surface area contributed by atoms with Crippen LogP contribution in [0.15, 0.2) is 48.1 Å². The lowest BCUT2D eigenvalue weighted by Crippen LogP contribution is -2.45. The van der Waals surface area contributed by atoms with Gasteiger partial charge in [-0.3, -0.25) is 4.79 Å². The third-order valence-corrected chi connectivity index (χ3v) is 5.20. The summed E-state index contributed by atoms with van der Waals surface area (Å²) in [5.41, 5.74) is 0.948. The molecule has 0 unspecified atom stereocenters. The molecule has 1 amide bonds. The quantitative estimate of drug-likeness (QED) is 0.626. The van der Waals surface area contributed by atoms with E-state index in [1.165, 1.54) is 25.0 Å². The van der Waals surface area contributed by atoms with Crippen LogP contribution in [0.4, 0.5) is 13.2 Å². The Morgan fingerprint density at radius 3 is 2.29 bits per heavy atom. The molecule has 1 aliphatic rings. The molecule has 1 atom stereocenters. The lowest BCUT2D eigenvalue weighted by molar-refractivity contribution is -0.137. The van der Waals surface area contributed by atoms with Gasteiger partial charge >= 0.3 is 6.18 Å². The van der Waals surface area contributed by atoms with E-state index in [9.17, 15) is 18.0 Å². The first kappa shape index (κ1) is 22.2. The van der Waals surface area contributed by atoms with Crippen molar-refractivity contribution in [2.45, 2.75) is 45.3 Å². The summed E-state index contributed by atoms with van der Waals surface area (Å²) in [4.78, 5) is 17.0. The van der Waals surface area contributed by atoms with Crippen molar-refractivity contribution in [1.29, 1.82) is 0 Å². The van der Waals surface area contributed by atoms with Crippen molar-refractivity contribution in [3.8, 4) is 0 Å². The van der Waals surface area contributed by atoms with Gasteiger partial charge in [-0.05, 0) is 63.0 Å². The standard InChI is InChI=1S/C22H29F3N2O/c1-4-8-18(5-2)20(16-27-13-6-7-14-27)26(3)21(28)15-17-9-11-19(12-10-17)22(23,24)25/h4-5,8-12,20H,6-7,13-16H2,1-3H3/b8-4-,18-5+/t20-/m1/s1. The average molecular weight is 394 g/mol. The van der Waals surface area contributed by atoms with Crippen molar-refractivity contribution in [3.63, 3.8) is 0 Å². The number of carbonyl (C=O) groups is 1. The smallest absolute Gasteiger partial charge is 0.337 e. The summed E-state index contributed by atoms with van der Waals surface area (Å²) in [6.45, 7) is 6.73. The average Bonchev–Trinajstić information content (AvgIpc) is 3.17. The maximum Gasteiger partial charge on any atom is 0.416 e. The summed E-state index contributed by atoms with van der Waals surface area (Å²) in [7, 11) is 1.78. The van der Waals surface area contributed by atoms with Gasteiger partial charge in [-0.25, -0.2) is 0 Å². The number of hydrogen-bond acceptors (Lipinski definition) is 2. The molecule has 1 aromatic carbocycles. The van der Waals surface area contributed by atoms with Crippen LogP contribution in [0.1, 0.15) is 37.8 Å². The first-order valence-corrected chi connectivity index (χ1v) is 9.69. The summed E-state index contributed by atoms with van der Waals surface area (Å²) in [6, 6.07) is 4.74. The summed E-state index contributed by atoms with van der Waals surface area (Å²) in [5, 5.41) is 0. The zero-order valence-electron chi connectivity index (χ0n) is 16.8. The Bertz CT molecular complexity index is 701. The van der Waals surface area contributed by atoms with Crippen LogP contribution >= 0.6 is 0 Å². The van der Waals surface area contributed by atoms with E-state index in [4.69, 9.17) is 0 Å². The van der Waals surface area contributed by atoms with Gasteiger partial charge in [0.2, 0.25) is 5.91 Å². The van der Waals surface area contributed by atoms with Crippen LogP contribution in [0.2, 0.25) is 0 Å². The predicted molar refractivity (Wildman–Crippen MR) is 106 cm³/mol. The molecule has 0 bridgehead atoms. The first-order valence-electron chi connectivity index (χ1n) is 9.69. The molecule has 28 heavy (non-hydrogen) atoms. The lowest BCUT2D eigenvalue weighted by Gasteiger charge is -2.33. The molecule has 1 heterocycles. The molecule has 0 spiro atoms. The molecule has 0 aromatic heterocycles. The zero-order chi connectivity index (χ0) is 20.7. The fraction of sp³-hybridized carbons (Fsp3) is 0.500. The molecule has 6 heteroatoms. The van der Waals surface area contributed by atoms with Crippen molar-refractivity contribution in [2.24, 2.45) is 0 Å². The summed E-state index contributed by atoms with van der Waals surface area (Å²) in [6.07, 6.45) is 4.05. The lowest BCUT2D eigenvalue weighted by atomic mass is 10.0. The molecule has 0 saturated carbocycles. The summed E-state index contributed by atoms with van der Waals surface area (Å²) < 4.78 is 38.2. The third kappa shape index (κ3) is 5.96. The van der Waals surface area contributed by atoms with Crippen molar-refractivity contribution >= 4 is 5.91 Å². The van der Waals surface area contributed by atoms with Crippen LogP contribution in [0.5, 0.6) is 0 Å². The van der Waals surface area contributed by atoms with Crippen LogP contribution < -0.4 is 0 Å². The van der Waals surface area contributed by atoms with Gasteiger partial charge in [-0.1, -0.05) is 30.4 Å². The number of rotatable bonds is 7. The Labute approximate surface area is 165 Å². The van der Waals surface area contributed by atoms with Gasteiger partial charge in [0, 0.05) is 13.6 Å². The number of likely N-dealkylation sites (N-methyl/N-ethyl adjacent to an activating group) is 1.